The summed E-state index contributed by atoms with van der Waals surface area (Å²) in [6.07, 6.45) is 7.04. The fourth-order valence-electron chi connectivity index (χ4n) is 4.88. The average molecular weight is 442 g/mol. The highest BCUT2D eigenvalue weighted by molar-refractivity contribution is 6.23. The standard InChI is InChI=1S/C26H22N2O5/c1-33-26(32)21(17-12-6-3-7-13-17)27-20(16-10-4-2-5-11-16)22(25(27)31)28-23(29)18-14-8-9-15-19(18)24(28)30/h2-6,8-11,13-15,20-22H,7,12H2,1H3/t20-,21+,22-/m0/s1. The van der Waals surface area contributed by atoms with Gasteiger partial charge in [-0.25, -0.2) is 4.79 Å². The maximum absolute atomic E-state index is 13.6. The minimum atomic E-state index is -1.04. The Balaban J connectivity index is 1.58. The van der Waals surface area contributed by atoms with Crippen molar-refractivity contribution < 1.29 is 23.9 Å². The van der Waals surface area contributed by atoms with E-state index in [2.05, 4.69) is 0 Å². The first-order chi connectivity index (χ1) is 16.0. The molecule has 0 unspecified atom stereocenters. The lowest BCUT2D eigenvalue weighted by Crippen LogP contribution is -2.70. The molecule has 7 heteroatoms. The number of β-lactam (4-membered cyclic amide) rings is 1. The van der Waals surface area contributed by atoms with Crippen molar-refractivity contribution in [3.63, 3.8) is 0 Å². The molecule has 5 rings (SSSR count). The number of carbonyl (C=O) groups excluding carboxylic acids is 4. The zero-order valence-electron chi connectivity index (χ0n) is 18.0. The van der Waals surface area contributed by atoms with Crippen LogP contribution in [-0.2, 0) is 14.3 Å². The molecule has 0 radical (unpaired) electrons. The van der Waals surface area contributed by atoms with Crippen molar-refractivity contribution in [2.24, 2.45) is 0 Å². The molecule has 2 heterocycles. The number of rotatable bonds is 5. The molecule has 166 valence electrons. The number of fused-ring (bicyclic) bond motifs is 1. The minimum absolute atomic E-state index is 0.283. The highest BCUT2D eigenvalue weighted by Gasteiger charge is 2.60. The quantitative estimate of drug-likeness (QED) is 0.308. The summed E-state index contributed by atoms with van der Waals surface area (Å²) in [5, 5.41) is 0. The fourth-order valence-corrected chi connectivity index (χ4v) is 4.88. The predicted octanol–water partition coefficient (Wildman–Crippen LogP) is 3.05. The van der Waals surface area contributed by atoms with Gasteiger partial charge in [-0.05, 0) is 36.1 Å². The van der Waals surface area contributed by atoms with Crippen LogP contribution in [0.4, 0.5) is 0 Å². The third-order valence-electron chi connectivity index (χ3n) is 6.44. The number of esters is 1. The summed E-state index contributed by atoms with van der Waals surface area (Å²) in [7, 11) is 1.29. The van der Waals surface area contributed by atoms with Gasteiger partial charge in [0.1, 0.15) is 6.04 Å². The first-order valence-electron chi connectivity index (χ1n) is 10.8. The largest absolute Gasteiger partial charge is 0.467 e. The van der Waals surface area contributed by atoms with E-state index in [1.165, 1.54) is 12.0 Å². The molecule has 1 fully saturated rings. The Kier molecular flexibility index (Phi) is 5.17. The second-order valence-corrected chi connectivity index (χ2v) is 8.19. The van der Waals surface area contributed by atoms with E-state index in [9.17, 15) is 19.2 Å². The lowest BCUT2D eigenvalue weighted by atomic mass is 9.83. The van der Waals surface area contributed by atoms with Crippen molar-refractivity contribution in [2.45, 2.75) is 31.0 Å². The molecule has 2 aromatic carbocycles. The molecule has 0 spiro atoms. The van der Waals surface area contributed by atoms with Crippen LogP contribution in [-0.4, -0.2) is 52.7 Å². The summed E-state index contributed by atoms with van der Waals surface area (Å²) in [6.45, 7) is 0. The van der Waals surface area contributed by atoms with Gasteiger partial charge in [-0.15, -0.1) is 0 Å². The van der Waals surface area contributed by atoms with Crippen LogP contribution < -0.4 is 0 Å². The average Bonchev–Trinajstić information content (AvgIpc) is 3.11. The van der Waals surface area contributed by atoms with E-state index in [1.54, 1.807) is 24.3 Å². The molecule has 33 heavy (non-hydrogen) atoms. The van der Waals surface area contributed by atoms with E-state index in [-0.39, 0.29) is 11.1 Å². The maximum Gasteiger partial charge on any atom is 0.332 e. The summed E-state index contributed by atoms with van der Waals surface area (Å²) >= 11 is 0. The zero-order valence-corrected chi connectivity index (χ0v) is 18.0. The molecular weight excluding hydrogens is 420 g/mol. The van der Waals surface area contributed by atoms with Gasteiger partial charge in [-0.2, -0.15) is 0 Å². The molecule has 3 amide bonds. The van der Waals surface area contributed by atoms with E-state index in [4.69, 9.17) is 4.74 Å². The molecular formula is C26H22N2O5. The Morgan fingerprint density at radius 3 is 2.12 bits per heavy atom. The Morgan fingerprint density at radius 2 is 1.55 bits per heavy atom. The Morgan fingerprint density at radius 1 is 0.909 bits per heavy atom. The van der Waals surface area contributed by atoms with Crippen molar-refractivity contribution in [3.8, 4) is 0 Å². The van der Waals surface area contributed by atoms with Gasteiger partial charge in [0.25, 0.3) is 11.8 Å². The van der Waals surface area contributed by atoms with Crippen molar-refractivity contribution in [2.75, 3.05) is 7.11 Å². The van der Waals surface area contributed by atoms with Crippen LogP contribution in [0.5, 0.6) is 0 Å². The van der Waals surface area contributed by atoms with Crippen LogP contribution in [0, 0.1) is 0 Å². The van der Waals surface area contributed by atoms with E-state index in [0.717, 1.165) is 16.0 Å². The van der Waals surface area contributed by atoms with Gasteiger partial charge in [0.15, 0.2) is 6.04 Å². The third-order valence-corrected chi connectivity index (χ3v) is 6.44. The number of carbonyl (C=O) groups is 4. The number of hydrogen-bond acceptors (Lipinski definition) is 5. The van der Waals surface area contributed by atoms with Crippen LogP contribution in [0.3, 0.4) is 0 Å². The van der Waals surface area contributed by atoms with E-state index in [1.807, 2.05) is 48.6 Å². The van der Waals surface area contributed by atoms with Gasteiger partial charge in [0.05, 0.1) is 24.3 Å². The Bertz CT molecular complexity index is 1180. The highest BCUT2D eigenvalue weighted by atomic mass is 16.5. The topological polar surface area (TPSA) is 84.0 Å². The minimum Gasteiger partial charge on any atom is -0.467 e. The number of methoxy groups -OCH3 is 1. The van der Waals surface area contributed by atoms with Crippen molar-refractivity contribution in [3.05, 3.63) is 95.1 Å². The SMILES string of the molecule is COC(=O)[C@@H](C1=CCC=CC1)N1C(=O)[C@@H](N2C(=O)c3ccccc3C2=O)[C@@H]1c1ccccc1. The summed E-state index contributed by atoms with van der Waals surface area (Å²) in [4.78, 5) is 55.3. The molecule has 3 atom stereocenters. The number of ether oxygens (including phenoxy) is 1. The molecule has 0 aromatic heterocycles. The number of imide groups is 1. The number of hydrogen-bond donors (Lipinski definition) is 0. The van der Waals surface area contributed by atoms with Crippen LogP contribution >= 0.6 is 0 Å². The van der Waals surface area contributed by atoms with Crippen molar-refractivity contribution in [1.29, 1.82) is 0 Å². The van der Waals surface area contributed by atoms with E-state index < -0.39 is 41.8 Å². The second-order valence-electron chi connectivity index (χ2n) is 8.19. The van der Waals surface area contributed by atoms with Crippen LogP contribution in [0.1, 0.15) is 45.2 Å². The summed E-state index contributed by atoms with van der Waals surface area (Å²) in [5.41, 5.74) is 2.06. The van der Waals surface area contributed by atoms with Gasteiger partial charge in [0.2, 0.25) is 5.91 Å². The molecule has 0 bridgehead atoms. The first-order valence-corrected chi connectivity index (χ1v) is 10.8. The van der Waals surface area contributed by atoms with Gasteiger partial charge >= 0.3 is 5.97 Å². The molecule has 0 saturated carbocycles. The molecule has 1 saturated heterocycles. The monoisotopic (exact) mass is 442 g/mol. The van der Waals surface area contributed by atoms with Gasteiger partial charge < -0.3 is 9.64 Å². The molecule has 0 N–H and O–H groups in total. The third kappa shape index (κ3) is 3.19. The predicted molar refractivity (Wildman–Crippen MR) is 119 cm³/mol. The smallest absolute Gasteiger partial charge is 0.332 e. The maximum atomic E-state index is 13.6. The van der Waals surface area contributed by atoms with Crippen molar-refractivity contribution >= 4 is 23.7 Å². The number of amides is 3. The van der Waals surface area contributed by atoms with Gasteiger partial charge in [-0.3, -0.25) is 19.3 Å². The van der Waals surface area contributed by atoms with Crippen LogP contribution in [0.2, 0.25) is 0 Å². The van der Waals surface area contributed by atoms with Crippen LogP contribution in [0.15, 0.2) is 78.4 Å². The van der Waals surface area contributed by atoms with E-state index >= 15 is 0 Å². The lowest BCUT2D eigenvalue weighted by molar-refractivity contribution is -0.169. The number of benzene rings is 2. The molecule has 1 aliphatic carbocycles. The summed E-state index contributed by atoms with van der Waals surface area (Å²) < 4.78 is 5.06. The van der Waals surface area contributed by atoms with E-state index in [0.29, 0.717) is 12.8 Å². The van der Waals surface area contributed by atoms with Gasteiger partial charge in [-0.1, -0.05) is 60.7 Å². The van der Waals surface area contributed by atoms with Crippen molar-refractivity contribution in [1.82, 2.24) is 9.80 Å². The normalized spacial score (nSPS) is 22.6. The Labute approximate surface area is 190 Å². The number of nitrogens with zero attached hydrogens (tertiary/aromatic N) is 2. The fraction of sp³-hybridized carbons (Fsp3) is 0.231. The summed E-state index contributed by atoms with van der Waals surface area (Å²) in [6, 6.07) is 13.1. The number of likely N-dealkylation sites (tertiary alicyclic amines) is 1. The van der Waals surface area contributed by atoms with Crippen LogP contribution in [0.25, 0.3) is 0 Å². The van der Waals surface area contributed by atoms with Gasteiger partial charge in [0, 0.05) is 0 Å². The summed E-state index contributed by atoms with van der Waals surface area (Å²) in [5.74, 6) is -2.00. The lowest BCUT2D eigenvalue weighted by Gasteiger charge is -2.52. The molecule has 3 aliphatic rings. The highest BCUT2D eigenvalue weighted by Crippen LogP contribution is 2.44. The Hall–Kier alpha value is -4.00. The zero-order chi connectivity index (χ0) is 23.1. The number of allylic oxidation sites excluding steroid dienone is 3. The molecule has 2 aromatic rings. The molecule has 2 aliphatic heterocycles. The first kappa shape index (κ1) is 20.9. The molecule has 7 nitrogen and oxygen atoms in total. The second kappa shape index (κ2) is 8.16.